The van der Waals surface area contributed by atoms with E-state index in [4.69, 9.17) is 9.47 Å². The first-order chi connectivity index (χ1) is 8.73. The number of hydrogen-bond donors (Lipinski definition) is 1. The summed E-state index contributed by atoms with van der Waals surface area (Å²) in [6.07, 6.45) is 1.83. The summed E-state index contributed by atoms with van der Waals surface area (Å²) in [7, 11) is 2.01. The zero-order valence-corrected chi connectivity index (χ0v) is 11.0. The van der Waals surface area contributed by atoms with E-state index in [0.29, 0.717) is 0 Å². The van der Waals surface area contributed by atoms with Crippen molar-refractivity contribution in [3.8, 4) is 0 Å². The molecule has 2 fully saturated rings. The first kappa shape index (κ1) is 12.1. The molecule has 1 spiro atoms. The quantitative estimate of drug-likeness (QED) is 0.780. The van der Waals surface area contributed by atoms with Gasteiger partial charge in [0.1, 0.15) is 5.82 Å². The molecule has 1 aromatic heterocycles. The Kier molecular flexibility index (Phi) is 3.09. The molecule has 6 heteroatoms. The Morgan fingerprint density at radius 1 is 1.28 bits per heavy atom. The van der Waals surface area contributed by atoms with Gasteiger partial charge in [-0.25, -0.2) is 0 Å². The Labute approximate surface area is 107 Å². The van der Waals surface area contributed by atoms with Gasteiger partial charge in [0.25, 0.3) is 0 Å². The van der Waals surface area contributed by atoms with Crippen LogP contribution < -0.4 is 5.32 Å². The van der Waals surface area contributed by atoms with Crippen molar-refractivity contribution in [2.24, 2.45) is 7.05 Å². The standard InChI is InChI=1S/C12H20N4O2/c1-9-14-15-11(16(9)2)10-12(18-8-5-13-10)3-6-17-7-4-12/h10,13H,3-8H2,1-2H3. The fourth-order valence-electron chi connectivity index (χ4n) is 2.88. The molecule has 1 N–H and O–H groups in total. The van der Waals surface area contributed by atoms with Gasteiger partial charge in [0.15, 0.2) is 5.82 Å². The molecule has 2 aliphatic rings. The second-order valence-electron chi connectivity index (χ2n) is 5.08. The lowest BCUT2D eigenvalue weighted by molar-refractivity contribution is -0.151. The van der Waals surface area contributed by atoms with Gasteiger partial charge in [0.05, 0.1) is 18.2 Å². The number of rotatable bonds is 1. The predicted molar refractivity (Wildman–Crippen MR) is 65.2 cm³/mol. The van der Waals surface area contributed by atoms with Crippen LogP contribution in [-0.4, -0.2) is 46.7 Å². The van der Waals surface area contributed by atoms with Crippen molar-refractivity contribution in [3.05, 3.63) is 11.6 Å². The highest BCUT2D eigenvalue weighted by Gasteiger charge is 2.46. The van der Waals surface area contributed by atoms with Crippen molar-refractivity contribution in [1.82, 2.24) is 20.1 Å². The fourth-order valence-corrected chi connectivity index (χ4v) is 2.88. The molecule has 0 bridgehead atoms. The maximum absolute atomic E-state index is 6.11. The largest absolute Gasteiger partial charge is 0.381 e. The van der Waals surface area contributed by atoms with Crippen molar-refractivity contribution in [2.45, 2.75) is 31.4 Å². The third-order valence-corrected chi connectivity index (χ3v) is 4.09. The molecule has 0 aromatic carbocycles. The van der Waals surface area contributed by atoms with Crippen LogP contribution in [0.4, 0.5) is 0 Å². The number of morpholine rings is 1. The van der Waals surface area contributed by atoms with E-state index in [9.17, 15) is 0 Å². The highest BCUT2D eigenvalue weighted by atomic mass is 16.5. The predicted octanol–water partition coefficient (Wildman–Crippen LogP) is 0.334. The van der Waals surface area contributed by atoms with Gasteiger partial charge in [-0.05, 0) is 6.92 Å². The van der Waals surface area contributed by atoms with Gasteiger partial charge < -0.3 is 19.4 Å². The molecule has 1 aromatic rings. The number of nitrogens with one attached hydrogen (secondary N) is 1. The molecule has 0 amide bonds. The van der Waals surface area contributed by atoms with Crippen LogP contribution in [0.15, 0.2) is 0 Å². The van der Waals surface area contributed by atoms with E-state index in [-0.39, 0.29) is 11.6 Å². The van der Waals surface area contributed by atoms with E-state index in [1.165, 1.54) is 0 Å². The Morgan fingerprint density at radius 2 is 2.06 bits per heavy atom. The molecule has 18 heavy (non-hydrogen) atoms. The molecule has 2 saturated heterocycles. The average Bonchev–Trinajstić information content (AvgIpc) is 2.72. The summed E-state index contributed by atoms with van der Waals surface area (Å²) in [5.74, 6) is 1.90. The third kappa shape index (κ3) is 1.84. The van der Waals surface area contributed by atoms with Crippen LogP contribution in [0.1, 0.15) is 30.5 Å². The Hall–Kier alpha value is -0.980. The average molecular weight is 252 g/mol. The van der Waals surface area contributed by atoms with Gasteiger partial charge in [0, 0.05) is 39.6 Å². The minimum atomic E-state index is -0.177. The van der Waals surface area contributed by atoms with Gasteiger partial charge in [0.2, 0.25) is 0 Å². The minimum Gasteiger partial charge on any atom is -0.381 e. The van der Waals surface area contributed by atoms with Crippen molar-refractivity contribution in [1.29, 1.82) is 0 Å². The van der Waals surface area contributed by atoms with E-state index in [1.807, 2.05) is 18.5 Å². The molecule has 1 unspecified atom stereocenters. The van der Waals surface area contributed by atoms with Crippen molar-refractivity contribution >= 4 is 0 Å². The lowest BCUT2D eigenvalue weighted by Crippen LogP contribution is -2.55. The van der Waals surface area contributed by atoms with E-state index < -0.39 is 0 Å². The van der Waals surface area contributed by atoms with Gasteiger partial charge in [-0.1, -0.05) is 0 Å². The van der Waals surface area contributed by atoms with Gasteiger partial charge in [-0.3, -0.25) is 0 Å². The van der Waals surface area contributed by atoms with Crippen LogP contribution in [0, 0.1) is 6.92 Å². The number of aromatic nitrogens is 3. The summed E-state index contributed by atoms with van der Waals surface area (Å²) in [6.45, 7) is 5.10. The number of nitrogens with zero attached hydrogens (tertiary/aromatic N) is 3. The lowest BCUT2D eigenvalue weighted by Gasteiger charge is -2.45. The van der Waals surface area contributed by atoms with E-state index in [1.54, 1.807) is 0 Å². The number of aryl methyl sites for hydroxylation is 1. The molecule has 3 rings (SSSR count). The third-order valence-electron chi connectivity index (χ3n) is 4.09. The maximum atomic E-state index is 6.11. The molecule has 6 nitrogen and oxygen atoms in total. The smallest absolute Gasteiger partial charge is 0.152 e. The molecule has 2 aliphatic heterocycles. The van der Waals surface area contributed by atoms with Crippen LogP contribution in [0.3, 0.4) is 0 Å². The van der Waals surface area contributed by atoms with E-state index in [2.05, 4.69) is 15.5 Å². The summed E-state index contributed by atoms with van der Waals surface area (Å²) in [4.78, 5) is 0. The van der Waals surface area contributed by atoms with E-state index in [0.717, 1.165) is 50.9 Å². The monoisotopic (exact) mass is 252 g/mol. The molecule has 0 aliphatic carbocycles. The summed E-state index contributed by atoms with van der Waals surface area (Å²) in [6, 6.07) is 0.112. The Morgan fingerprint density at radius 3 is 2.72 bits per heavy atom. The summed E-state index contributed by atoms with van der Waals surface area (Å²) >= 11 is 0. The summed E-state index contributed by atoms with van der Waals surface area (Å²) in [5.41, 5.74) is -0.177. The zero-order valence-electron chi connectivity index (χ0n) is 11.0. The van der Waals surface area contributed by atoms with Crippen molar-refractivity contribution in [3.63, 3.8) is 0 Å². The fraction of sp³-hybridized carbons (Fsp3) is 0.833. The van der Waals surface area contributed by atoms with Gasteiger partial charge in [-0.15, -0.1) is 10.2 Å². The first-order valence-electron chi connectivity index (χ1n) is 6.54. The summed E-state index contributed by atoms with van der Waals surface area (Å²) in [5, 5.41) is 12.0. The topological polar surface area (TPSA) is 61.2 Å². The molecular weight excluding hydrogens is 232 g/mol. The molecule has 1 atom stereocenters. The van der Waals surface area contributed by atoms with Crippen molar-refractivity contribution < 1.29 is 9.47 Å². The summed E-state index contributed by atoms with van der Waals surface area (Å²) < 4.78 is 13.6. The second kappa shape index (κ2) is 4.60. The molecule has 100 valence electrons. The van der Waals surface area contributed by atoms with E-state index >= 15 is 0 Å². The molecule has 0 saturated carbocycles. The van der Waals surface area contributed by atoms with Gasteiger partial charge in [-0.2, -0.15) is 0 Å². The first-order valence-corrected chi connectivity index (χ1v) is 6.54. The molecule has 0 radical (unpaired) electrons. The van der Waals surface area contributed by atoms with Crippen LogP contribution >= 0.6 is 0 Å². The van der Waals surface area contributed by atoms with Crippen molar-refractivity contribution in [2.75, 3.05) is 26.4 Å². The molecular formula is C12H20N4O2. The number of hydrogen-bond acceptors (Lipinski definition) is 5. The van der Waals surface area contributed by atoms with Crippen LogP contribution in [0.5, 0.6) is 0 Å². The second-order valence-corrected chi connectivity index (χ2v) is 5.08. The van der Waals surface area contributed by atoms with Crippen LogP contribution in [-0.2, 0) is 16.5 Å². The lowest BCUT2D eigenvalue weighted by atomic mass is 9.84. The molecule has 3 heterocycles. The highest BCUT2D eigenvalue weighted by molar-refractivity contribution is 5.10. The minimum absolute atomic E-state index is 0.112. The van der Waals surface area contributed by atoms with Crippen LogP contribution in [0.25, 0.3) is 0 Å². The zero-order chi connectivity index (χ0) is 12.6. The number of ether oxygens (including phenoxy) is 2. The Bertz CT molecular complexity index is 417. The SMILES string of the molecule is Cc1nnc(C2NCCOC23CCOCC3)n1C. The normalized spacial score (nSPS) is 27.6. The Balaban J connectivity index is 1.94. The highest BCUT2D eigenvalue weighted by Crippen LogP contribution is 2.38. The van der Waals surface area contributed by atoms with Gasteiger partial charge >= 0.3 is 0 Å². The maximum Gasteiger partial charge on any atom is 0.152 e. The van der Waals surface area contributed by atoms with Crippen LogP contribution in [0.2, 0.25) is 0 Å².